The number of hydrogen-bond donors (Lipinski definition) is 3. The number of carbonyl (C=O) groups is 2. The summed E-state index contributed by atoms with van der Waals surface area (Å²) < 4.78 is 44.4. The number of aliphatic hydroxyl groups is 1. The number of aliphatic hydroxyl groups excluding tert-OH is 1. The number of pyridine rings is 1. The molecule has 0 aliphatic carbocycles. The number of halogens is 3. The van der Waals surface area contributed by atoms with Gasteiger partial charge in [0.1, 0.15) is 18.2 Å². The highest BCUT2D eigenvalue weighted by Gasteiger charge is 2.34. The summed E-state index contributed by atoms with van der Waals surface area (Å²) in [7, 11) is 0. The predicted octanol–water partition coefficient (Wildman–Crippen LogP) is 4.55. The number of rotatable bonds is 7. The fourth-order valence-electron chi connectivity index (χ4n) is 3.42. The zero-order valence-electron chi connectivity index (χ0n) is 19.3. The molecule has 0 saturated heterocycles. The standard InChI is InChI=1S/C25H25F3N2O5/c1-24(2,3)21(23(33)34)30-22(32)18-11-7-15-6-10-17(12-31)29-19(15)20(18)35-13-14-4-8-16(9-5-14)25(26,27)28/h4-11,21,31H,12-13H2,1-3H3,(H,30,32)(H,33,34)/t21-/m1/s1. The van der Waals surface area contributed by atoms with Crippen molar-refractivity contribution in [2.75, 3.05) is 0 Å². The van der Waals surface area contributed by atoms with Crippen molar-refractivity contribution in [1.29, 1.82) is 0 Å². The second-order valence-electron chi connectivity index (χ2n) is 9.07. The Morgan fingerprint density at radius 2 is 1.66 bits per heavy atom. The molecular weight excluding hydrogens is 465 g/mol. The minimum Gasteiger partial charge on any atom is -0.486 e. The predicted molar refractivity (Wildman–Crippen MR) is 122 cm³/mol. The summed E-state index contributed by atoms with van der Waals surface area (Å²) in [5, 5.41) is 22.2. The lowest BCUT2D eigenvalue weighted by atomic mass is 9.86. The zero-order chi connectivity index (χ0) is 26.0. The summed E-state index contributed by atoms with van der Waals surface area (Å²) in [6, 6.07) is 9.53. The van der Waals surface area contributed by atoms with Crippen molar-refractivity contribution >= 4 is 22.8 Å². The quantitative estimate of drug-likeness (QED) is 0.448. The third-order valence-electron chi connectivity index (χ3n) is 5.33. The number of carboxylic acid groups (broad SMARTS) is 1. The van der Waals surface area contributed by atoms with Gasteiger partial charge in [0.2, 0.25) is 0 Å². The first kappa shape index (κ1) is 26.0. The fourth-order valence-corrected chi connectivity index (χ4v) is 3.42. The largest absolute Gasteiger partial charge is 0.486 e. The number of carbonyl (C=O) groups excluding carboxylic acids is 1. The molecule has 186 valence electrons. The van der Waals surface area contributed by atoms with Crippen molar-refractivity contribution < 1.29 is 37.7 Å². The van der Waals surface area contributed by atoms with Crippen LogP contribution in [0.4, 0.5) is 13.2 Å². The van der Waals surface area contributed by atoms with Crippen LogP contribution in [0.5, 0.6) is 5.75 Å². The maximum Gasteiger partial charge on any atom is 0.416 e. The van der Waals surface area contributed by atoms with E-state index in [1.807, 2.05) is 0 Å². The summed E-state index contributed by atoms with van der Waals surface area (Å²) in [5.74, 6) is -1.90. The Morgan fingerprint density at radius 1 is 1.03 bits per heavy atom. The van der Waals surface area contributed by atoms with Gasteiger partial charge >= 0.3 is 12.1 Å². The van der Waals surface area contributed by atoms with Crippen LogP contribution in [0, 0.1) is 5.41 Å². The number of carboxylic acids is 1. The van der Waals surface area contributed by atoms with Crippen molar-refractivity contribution in [3.05, 3.63) is 70.9 Å². The number of alkyl halides is 3. The van der Waals surface area contributed by atoms with E-state index in [4.69, 9.17) is 4.74 Å². The van der Waals surface area contributed by atoms with Gasteiger partial charge in [0, 0.05) is 5.39 Å². The topological polar surface area (TPSA) is 109 Å². The van der Waals surface area contributed by atoms with Gasteiger partial charge in [-0.3, -0.25) is 4.79 Å². The number of amides is 1. The molecule has 0 radical (unpaired) electrons. The normalized spacial score (nSPS) is 12.9. The molecule has 3 N–H and O–H groups in total. The molecule has 35 heavy (non-hydrogen) atoms. The van der Waals surface area contributed by atoms with E-state index in [-0.39, 0.29) is 30.0 Å². The van der Waals surface area contributed by atoms with E-state index in [1.165, 1.54) is 18.2 Å². The van der Waals surface area contributed by atoms with Crippen LogP contribution < -0.4 is 10.1 Å². The van der Waals surface area contributed by atoms with Crippen LogP contribution in [-0.4, -0.2) is 33.1 Å². The molecule has 1 heterocycles. The molecule has 2 aromatic carbocycles. The average Bonchev–Trinajstić information content (AvgIpc) is 2.79. The third-order valence-corrected chi connectivity index (χ3v) is 5.33. The smallest absolute Gasteiger partial charge is 0.416 e. The van der Waals surface area contributed by atoms with Gasteiger partial charge in [-0.1, -0.05) is 45.0 Å². The average molecular weight is 490 g/mol. The molecule has 1 atom stereocenters. The molecule has 1 amide bonds. The zero-order valence-corrected chi connectivity index (χ0v) is 19.3. The summed E-state index contributed by atoms with van der Waals surface area (Å²) in [4.78, 5) is 29.2. The van der Waals surface area contributed by atoms with E-state index in [0.29, 0.717) is 16.6 Å². The Hall–Kier alpha value is -3.66. The second kappa shape index (κ2) is 9.91. The molecule has 0 unspecified atom stereocenters. The lowest BCUT2D eigenvalue weighted by molar-refractivity contribution is -0.142. The summed E-state index contributed by atoms with van der Waals surface area (Å²) >= 11 is 0. The summed E-state index contributed by atoms with van der Waals surface area (Å²) in [5.41, 5.74) is -0.615. The van der Waals surface area contributed by atoms with E-state index in [9.17, 15) is 33.0 Å². The van der Waals surface area contributed by atoms with Crippen LogP contribution >= 0.6 is 0 Å². The van der Waals surface area contributed by atoms with Crippen molar-refractivity contribution in [2.24, 2.45) is 5.41 Å². The number of nitrogens with one attached hydrogen (secondary N) is 1. The molecule has 0 aliphatic rings. The number of hydrogen-bond acceptors (Lipinski definition) is 5. The molecular formula is C25H25F3N2O5. The maximum absolute atomic E-state index is 13.1. The van der Waals surface area contributed by atoms with Crippen molar-refractivity contribution in [2.45, 2.75) is 46.2 Å². The molecule has 0 aliphatic heterocycles. The van der Waals surface area contributed by atoms with Gasteiger partial charge in [-0.2, -0.15) is 13.2 Å². The molecule has 0 spiro atoms. The Kier molecular flexibility index (Phi) is 7.35. The number of fused-ring (bicyclic) bond motifs is 1. The first-order valence-electron chi connectivity index (χ1n) is 10.7. The summed E-state index contributed by atoms with van der Waals surface area (Å²) in [6.07, 6.45) is -4.47. The first-order chi connectivity index (χ1) is 16.3. The van der Waals surface area contributed by atoms with Crippen LogP contribution in [0.1, 0.15) is 48.0 Å². The Bertz CT molecular complexity index is 1230. The van der Waals surface area contributed by atoms with E-state index >= 15 is 0 Å². The molecule has 1 aromatic heterocycles. The highest BCUT2D eigenvalue weighted by atomic mass is 19.4. The van der Waals surface area contributed by atoms with E-state index in [2.05, 4.69) is 10.3 Å². The minimum absolute atomic E-state index is 0.00232. The molecule has 3 rings (SSSR count). The van der Waals surface area contributed by atoms with Crippen LogP contribution in [-0.2, 0) is 24.2 Å². The highest BCUT2D eigenvalue weighted by Crippen LogP contribution is 2.32. The Balaban J connectivity index is 2.00. The lowest BCUT2D eigenvalue weighted by Crippen LogP contribution is -2.49. The monoisotopic (exact) mass is 490 g/mol. The van der Waals surface area contributed by atoms with Crippen LogP contribution in [0.15, 0.2) is 48.5 Å². The molecule has 10 heteroatoms. The molecule has 0 bridgehead atoms. The van der Waals surface area contributed by atoms with Gasteiger partial charge in [-0.15, -0.1) is 0 Å². The van der Waals surface area contributed by atoms with Crippen molar-refractivity contribution in [1.82, 2.24) is 10.3 Å². The van der Waals surface area contributed by atoms with E-state index in [0.717, 1.165) is 12.1 Å². The Morgan fingerprint density at radius 3 is 2.20 bits per heavy atom. The molecule has 0 fully saturated rings. The van der Waals surface area contributed by atoms with Crippen LogP contribution in [0.3, 0.4) is 0 Å². The number of benzene rings is 2. The van der Waals surface area contributed by atoms with E-state index in [1.54, 1.807) is 39.0 Å². The van der Waals surface area contributed by atoms with Crippen molar-refractivity contribution in [3.8, 4) is 5.75 Å². The molecule has 3 aromatic rings. The molecule has 0 saturated carbocycles. The fraction of sp³-hybridized carbons (Fsp3) is 0.320. The summed E-state index contributed by atoms with van der Waals surface area (Å²) in [6.45, 7) is 4.47. The number of ether oxygens (including phenoxy) is 1. The van der Waals surface area contributed by atoms with Crippen molar-refractivity contribution in [3.63, 3.8) is 0 Å². The first-order valence-corrected chi connectivity index (χ1v) is 10.7. The van der Waals surface area contributed by atoms with Gasteiger partial charge in [-0.25, -0.2) is 9.78 Å². The van der Waals surface area contributed by atoms with Gasteiger partial charge < -0.3 is 20.3 Å². The molecule has 7 nitrogen and oxygen atoms in total. The minimum atomic E-state index is -4.47. The highest BCUT2D eigenvalue weighted by molar-refractivity contribution is 6.04. The maximum atomic E-state index is 13.1. The second-order valence-corrected chi connectivity index (χ2v) is 9.07. The number of aliphatic carboxylic acids is 1. The number of nitrogens with zero attached hydrogens (tertiary/aromatic N) is 1. The van der Waals surface area contributed by atoms with E-state index < -0.39 is 35.1 Å². The van der Waals surface area contributed by atoms with Gasteiger partial charge in [0.15, 0.2) is 5.75 Å². The van der Waals surface area contributed by atoms with Crippen LogP contribution in [0.2, 0.25) is 0 Å². The van der Waals surface area contributed by atoms with Gasteiger partial charge in [0.05, 0.1) is 23.4 Å². The third kappa shape index (κ3) is 6.07. The number of aromatic nitrogens is 1. The SMILES string of the molecule is CC(C)(C)[C@H](NC(=O)c1ccc2ccc(CO)nc2c1OCc1ccc(C(F)(F)F)cc1)C(=O)O. The lowest BCUT2D eigenvalue weighted by Gasteiger charge is -2.28. The Labute approximate surface area is 199 Å². The van der Waals surface area contributed by atoms with Gasteiger partial charge in [-0.05, 0) is 35.2 Å². The van der Waals surface area contributed by atoms with Gasteiger partial charge in [0.25, 0.3) is 5.91 Å². The van der Waals surface area contributed by atoms with Crippen LogP contribution in [0.25, 0.3) is 10.9 Å².